The third-order valence-corrected chi connectivity index (χ3v) is 4.51. The van der Waals surface area contributed by atoms with Gasteiger partial charge in [0.05, 0.1) is 12.2 Å². The molecule has 0 aromatic carbocycles. The second-order valence-corrected chi connectivity index (χ2v) is 6.16. The highest BCUT2D eigenvalue weighted by Crippen LogP contribution is 2.28. The predicted molar refractivity (Wildman–Crippen MR) is 78.2 cm³/mol. The SMILES string of the molecule is Cc1nn(C)c(C)c1CC(C)C(=O)N1CCC(F)(C(=O)O)C1. The zero-order valence-corrected chi connectivity index (χ0v) is 13.4. The van der Waals surface area contributed by atoms with Gasteiger partial charge in [-0.15, -0.1) is 0 Å². The number of nitrogens with zero attached hydrogens (tertiary/aromatic N) is 3. The zero-order valence-electron chi connectivity index (χ0n) is 13.4. The highest BCUT2D eigenvalue weighted by molar-refractivity contribution is 5.83. The Morgan fingerprint density at radius 1 is 1.45 bits per heavy atom. The first kappa shape index (κ1) is 16.5. The van der Waals surface area contributed by atoms with E-state index in [0.29, 0.717) is 6.42 Å². The van der Waals surface area contributed by atoms with Crippen molar-refractivity contribution in [2.24, 2.45) is 13.0 Å². The lowest BCUT2D eigenvalue weighted by molar-refractivity contribution is -0.150. The van der Waals surface area contributed by atoms with Crippen LogP contribution in [0.3, 0.4) is 0 Å². The third kappa shape index (κ3) is 2.84. The molecule has 1 aromatic heterocycles. The van der Waals surface area contributed by atoms with Gasteiger partial charge in [-0.05, 0) is 25.8 Å². The van der Waals surface area contributed by atoms with Crippen molar-refractivity contribution in [1.82, 2.24) is 14.7 Å². The number of halogens is 1. The molecule has 7 heteroatoms. The molecular formula is C15H22FN3O3. The molecule has 1 N–H and O–H groups in total. The minimum absolute atomic E-state index is 0.147. The van der Waals surface area contributed by atoms with Gasteiger partial charge < -0.3 is 10.0 Å². The molecule has 2 atom stereocenters. The molecule has 1 amide bonds. The Kier molecular flexibility index (Phi) is 4.26. The number of hydrogen-bond acceptors (Lipinski definition) is 3. The van der Waals surface area contributed by atoms with E-state index in [1.54, 1.807) is 11.6 Å². The number of hydrogen-bond donors (Lipinski definition) is 1. The number of carbonyl (C=O) groups excluding carboxylic acids is 1. The average molecular weight is 311 g/mol. The number of aromatic nitrogens is 2. The number of carboxylic acids is 1. The Morgan fingerprint density at radius 3 is 2.55 bits per heavy atom. The van der Waals surface area contributed by atoms with Crippen LogP contribution in [0.5, 0.6) is 0 Å². The van der Waals surface area contributed by atoms with E-state index in [9.17, 15) is 14.0 Å². The van der Waals surface area contributed by atoms with Crippen molar-refractivity contribution in [1.29, 1.82) is 0 Å². The topological polar surface area (TPSA) is 75.4 Å². The number of likely N-dealkylation sites (tertiary alicyclic amines) is 1. The van der Waals surface area contributed by atoms with Gasteiger partial charge in [-0.1, -0.05) is 6.92 Å². The van der Waals surface area contributed by atoms with Crippen molar-refractivity contribution < 1.29 is 19.1 Å². The lowest BCUT2D eigenvalue weighted by atomic mass is 9.98. The summed E-state index contributed by atoms with van der Waals surface area (Å²) in [5, 5.41) is 13.2. The summed E-state index contributed by atoms with van der Waals surface area (Å²) in [7, 11) is 1.85. The van der Waals surface area contributed by atoms with Gasteiger partial charge in [0.25, 0.3) is 0 Å². The van der Waals surface area contributed by atoms with E-state index < -0.39 is 11.6 Å². The highest BCUT2D eigenvalue weighted by Gasteiger charge is 2.47. The third-order valence-electron chi connectivity index (χ3n) is 4.51. The lowest BCUT2D eigenvalue weighted by Gasteiger charge is -2.21. The van der Waals surface area contributed by atoms with E-state index in [4.69, 9.17) is 5.11 Å². The Morgan fingerprint density at radius 2 is 2.09 bits per heavy atom. The summed E-state index contributed by atoms with van der Waals surface area (Å²) in [6.45, 7) is 5.41. The van der Waals surface area contributed by atoms with Crippen LogP contribution in [0.4, 0.5) is 4.39 Å². The molecule has 6 nitrogen and oxygen atoms in total. The fourth-order valence-corrected chi connectivity index (χ4v) is 2.95. The van der Waals surface area contributed by atoms with Crippen LogP contribution in [0.1, 0.15) is 30.3 Å². The van der Waals surface area contributed by atoms with E-state index in [-0.39, 0.29) is 31.3 Å². The summed E-state index contributed by atoms with van der Waals surface area (Å²) < 4.78 is 15.8. The summed E-state index contributed by atoms with van der Waals surface area (Å²) in [6.07, 6.45) is 0.374. The van der Waals surface area contributed by atoms with Gasteiger partial charge in [-0.3, -0.25) is 9.48 Å². The van der Waals surface area contributed by atoms with Crippen molar-refractivity contribution in [2.75, 3.05) is 13.1 Å². The number of amides is 1. The quantitative estimate of drug-likeness (QED) is 0.908. The maximum absolute atomic E-state index is 14.1. The Labute approximate surface area is 128 Å². The molecule has 2 rings (SSSR count). The average Bonchev–Trinajstić information content (AvgIpc) is 2.95. The van der Waals surface area contributed by atoms with Crippen LogP contribution in [0.2, 0.25) is 0 Å². The monoisotopic (exact) mass is 311 g/mol. The summed E-state index contributed by atoms with van der Waals surface area (Å²) in [4.78, 5) is 24.7. The summed E-state index contributed by atoms with van der Waals surface area (Å²) in [5.74, 6) is -2.03. The van der Waals surface area contributed by atoms with Crippen molar-refractivity contribution >= 4 is 11.9 Å². The second-order valence-electron chi connectivity index (χ2n) is 6.16. The van der Waals surface area contributed by atoms with Crippen LogP contribution in [-0.2, 0) is 23.1 Å². The smallest absolute Gasteiger partial charge is 0.343 e. The first-order valence-electron chi connectivity index (χ1n) is 7.36. The van der Waals surface area contributed by atoms with Gasteiger partial charge in [0.15, 0.2) is 0 Å². The van der Waals surface area contributed by atoms with Crippen LogP contribution in [-0.4, -0.2) is 50.4 Å². The maximum atomic E-state index is 14.1. The standard InChI is InChI=1S/C15H22FN3O3/c1-9(7-12-10(2)17-18(4)11(12)3)13(20)19-6-5-15(16,8-19)14(21)22/h9H,5-8H2,1-4H3,(H,21,22). The molecule has 1 fully saturated rings. The van der Waals surface area contributed by atoms with E-state index in [1.807, 2.05) is 20.9 Å². The van der Waals surface area contributed by atoms with Gasteiger partial charge in [-0.25, -0.2) is 9.18 Å². The first-order valence-corrected chi connectivity index (χ1v) is 7.36. The van der Waals surface area contributed by atoms with Gasteiger partial charge in [-0.2, -0.15) is 5.10 Å². The minimum atomic E-state index is -2.31. The molecule has 2 unspecified atom stereocenters. The van der Waals surface area contributed by atoms with Crippen LogP contribution in [0.15, 0.2) is 0 Å². The number of aryl methyl sites for hydroxylation is 2. The van der Waals surface area contributed by atoms with Crippen LogP contribution in [0, 0.1) is 19.8 Å². The summed E-state index contributed by atoms with van der Waals surface area (Å²) in [5.41, 5.74) is 0.595. The molecular weight excluding hydrogens is 289 g/mol. The van der Waals surface area contributed by atoms with E-state index in [0.717, 1.165) is 17.0 Å². The van der Waals surface area contributed by atoms with Gasteiger partial charge in [0.2, 0.25) is 11.6 Å². The molecule has 122 valence electrons. The van der Waals surface area contributed by atoms with Crippen molar-refractivity contribution in [3.05, 3.63) is 17.0 Å². The minimum Gasteiger partial charge on any atom is -0.479 e. The van der Waals surface area contributed by atoms with Crippen molar-refractivity contribution in [2.45, 2.75) is 39.3 Å². The van der Waals surface area contributed by atoms with E-state index >= 15 is 0 Å². The molecule has 1 saturated heterocycles. The van der Waals surface area contributed by atoms with Crippen molar-refractivity contribution in [3.63, 3.8) is 0 Å². The van der Waals surface area contributed by atoms with Crippen molar-refractivity contribution in [3.8, 4) is 0 Å². The number of carboxylic acid groups (broad SMARTS) is 1. The van der Waals surface area contributed by atoms with Gasteiger partial charge in [0.1, 0.15) is 0 Å². The first-order chi connectivity index (χ1) is 10.2. The number of alkyl halides is 1. The Hall–Kier alpha value is -1.92. The number of aliphatic carboxylic acids is 1. The molecule has 2 heterocycles. The number of rotatable bonds is 4. The van der Waals surface area contributed by atoms with Gasteiger partial charge >= 0.3 is 5.97 Å². The summed E-state index contributed by atoms with van der Waals surface area (Å²) >= 11 is 0. The van der Waals surface area contributed by atoms with Crippen LogP contribution >= 0.6 is 0 Å². The second kappa shape index (κ2) is 5.70. The van der Waals surface area contributed by atoms with E-state index in [1.165, 1.54) is 4.90 Å². The molecule has 0 saturated carbocycles. The largest absolute Gasteiger partial charge is 0.479 e. The molecule has 22 heavy (non-hydrogen) atoms. The molecule has 1 aliphatic heterocycles. The Bertz CT molecular complexity index is 613. The predicted octanol–water partition coefficient (Wildman–Crippen LogP) is 1.24. The molecule has 1 aromatic rings. The highest BCUT2D eigenvalue weighted by atomic mass is 19.1. The van der Waals surface area contributed by atoms with Crippen LogP contribution < -0.4 is 0 Å². The molecule has 0 bridgehead atoms. The molecule has 0 radical (unpaired) electrons. The molecule has 0 spiro atoms. The van der Waals surface area contributed by atoms with Gasteiger partial charge in [0, 0.05) is 31.6 Å². The van der Waals surface area contributed by atoms with E-state index in [2.05, 4.69) is 5.10 Å². The van der Waals surface area contributed by atoms with Crippen LogP contribution in [0.25, 0.3) is 0 Å². The zero-order chi connectivity index (χ0) is 16.7. The lowest BCUT2D eigenvalue weighted by Crippen LogP contribution is -2.40. The fraction of sp³-hybridized carbons (Fsp3) is 0.667. The maximum Gasteiger partial charge on any atom is 0.343 e. The number of carbonyl (C=O) groups is 2. The Balaban J connectivity index is 2.06. The normalized spacial score (nSPS) is 22.9. The molecule has 1 aliphatic rings. The fourth-order valence-electron chi connectivity index (χ4n) is 2.95. The summed E-state index contributed by atoms with van der Waals surface area (Å²) in [6, 6.07) is 0. The molecule has 0 aliphatic carbocycles.